The molecule has 0 bridgehead atoms. The van der Waals surface area contributed by atoms with E-state index in [9.17, 15) is 4.79 Å². The van der Waals surface area contributed by atoms with Crippen molar-refractivity contribution < 1.29 is 9.90 Å². The maximum atomic E-state index is 10.3. The van der Waals surface area contributed by atoms with Crippen molar-refractivity contribution in [1.82, 2.24) is 4.90 Å². The van der Waals surface area contributed by atoms with Crippen molar-refractivity contribution in [2.75, 3.05) is 19.6 Å². The molecule has 1 rings (SSSR count). The Bertz CT molecular complexity index is 151. The molecule has 0 aromatic heterocycles. The molecule has 1 N–H and O–H groups in total. The lowest BCUT2D eigenvalue weighted by molar-refractivity contribution is -0.138. The first-order chi connectivity index (χ1) is 5.18. The van der Waals surface area contributed by atoms with Crippen LogP contribution in [-0.4, -0.2) is 39.5 Å². The standard InChI is InChI=1S/C7H12INO2/c8-6-2-1-3-9(4-6)5-7(10)11/h6H,1-5H2,(H,10,11)/t6-/m1/s1. The Balaban J connectivity index is 2.28. The molecule has 0 unspecified atom stereocenters. The van der Waals surface area contributed by atoms with Gasteiger partial charge >= 0.3 is 5.97 Å². The van der Waals surface area contributed by atoms with E-state index in [1.807, 2.05) is 4.90 Å². The Morgan fingerprint density at radius 3 is 3.00 bits per heavy atom. The van der Waals surface area contributed by atoms with Gasteiger partial charge in [-0.1, -0.05) is 22.6 Å². The number of carboxylic acid groups (broad SMARTS) is 1. The van der Waals surface area contributed by atoms with Crippen molar-refractivity contribution in [1.29, 1.82) is 0 Å². The summed E-state index contributed by atoms with van der Waals surface area (Å²) in [5, 5.41) is 8.51. The Hall–Kier alpha value is 0.160. The predicted molar refractivity (Wildman–Crippen MR) is 51.1 cm³/mol. The van der Waals surface area contributed by atoms with Crippen LogP contribution >= 0.6 is 22.6 Å². The second-order valence-electron chi connectivity index (χ2n) is 2.87. The summed E-state index contributed by atoms with van der Waals surface area (Å²) in [6.07, 6.45) is 2.37. The maximum Gasteiger partial charge on any atom is 0.317 e. The van der Waals surface area contributed by atoms with Crippen LogP contribution in [0.1, 0.15) is 12.8 Å². The zero-order valence-electron chi connectivity index (χ0n) is 6.29. The molecule has 11 heavy (non-hydrogen) atoms. The minimum atomic E-state index is -0.713. The third-order valence-electron chi connectivity index (χ3n) is 1.81. The average molecular weight is 269 g/mol. The van der Waals surface area contributed by atoms with Crippen LogP contribution in [0.2, 0.25) is 0 Å². The van der Waals surface area contributed by atoms with Crippen molar-refractivity contribution in [2.24, 2.45) is 0 Å². The quantitative estimate of drug-likeness (QED) is 0.600. The van der Waals surface area contributed by atoms with Crippen LogP contribution in [0, 0.1) is 0 Å². The molecule has 1 heterocycles. The summed E-state index contributed by atoms with van der Waals surface area (Å²) in [6, 6.07) is 0. The number of piperidine rings is 1. The van der Waals surface area contributed by atoms with Crippen LogP contribution in [0.3, 0.4) is 0 Å². The summed E-state index contributed by atoms with van der Waals surface area (Å²) in [5.74, 6) is -0.713. The Labute approximate surface area is 79.9 Å². The van der Waals surface area contributed by atoms with Gasteiger partial charge in [0.2, 0.25) is 0 Å². The van der Waals surface area contributed by atoms with Crippen LogP contribution in [0.5, 0.6) is 0 Å². The Morgan fingerprint density at radius 2 is 2.45 bits per heavy atom. The minimum Gasteiger partial charge on any atom is -0.480 e. The lowest BCUT2D eigenvalue weighted by Crippen LogP contribution is -2.38. The summed E-state index contributed by atoms with van der Waals surface area (Å²) in [5.41, 5.74) is 0. The van der Waals surface area contributed by atoms with Crippen LogP contribution in [0.25, 0.3) is 0 Å². The number of alkyl halides is 1. The molecular formula is C7H12INO2. The van der Waals surface area contributed by atoms with Gasteiger partial charge in [0.15, 0.2) is 0 Å². The fraction of sp³-hybridized carbons (Fsp3) is 0.857. The number of nitrogens with zero attached hydrogens (tertiary/aromatic N) is 1. The Kier molecular flexibility index (Phi) is 3.58. The number of hydrogen-bond donors (Lipinski definition) is 1. The molecule has 1 fully saturated rings. The van der Waals surface area contributed by atoms with Gasteiger partial charge in [0.05, 0.1) is 6.54 Å². The number of carbonyl (C=O) groups is 1. The minimum absolute atomic E-state index is 0.208. The van der Waals surface area contributed by atoms with Crippen molar-refractivity contribution in [3.8, 4) is 0 Å². The number of aliphatic carboxylic acids is 1. The van der Waals surface area contributed by atoms with Gasteiger partial charge in [-0.25, -0.2) is 0 Å². The fourth-order valence-corrected chi connectivity index (χ4v) is 2.33. The summed E-state index contributed by atoms with van der Waals surface area (Å²) in [4.78, 5) is 12.3. The molecule has 4 heteroatoms. The number of halogens is 1. The number of likely N-dealkylation sites (tertiary alicyclic amines) is 1. The Morgan fingerprint density at radius 1 is 1.73 bits per heavy atom. The zero-order valence-corrected chi connectivity index (χ0v) is 8.45. The molecule has 0 amide bonds. The monoisotopic (exact) mass is 269 g/mol. The van der Waals surface area contributed by atoms with Gasteiger partial charge < -0.3 is 5.11 Å². The molecule has 0 spiro atoms. The van der Waals surface area contributed by atoms with Gasteiger partial charge in [0.25, 0.3) is 0 Å². The average Bonchev–Trinajstić information content (AvgIpc) is 1.85. The van der Waals surface area contributed by atoms with Crippen molar-refractivity contribution >= 4 is 28.6 Å². The predicted octanol–water partition coefficient (Wildman–Crippen LogP) is 0.970. The molecule has 3 nitrogen and oxygen atoms in total. The molecule has 1 aliphatic heterocycles. The first kappa shape index (κ1) is 9.25. The fourth-order valence-electron chi connectivity index (χ4n) is 1.33. The molecular weight excluding hydrogens is 257 g/mol. The van der Waals surface area contributed by atoms with Gasteiger partial charge in [-0.3, -0.25) is 9.69 Å². The highest BCUT2D eigenvalue weighted by molar-refractivity contribution is 14.1. The molecule has 0 saturated carbocycles. The molecule has 0 radical (unpaired) electrons. The zero-order chi connectivity index (χ0) is 8.27. The SMILES string of the molecule is O=C(O)CN1CCC[C@@H](I)C1. The van der Waals surface area contributed by atoms with E-state index >= 15 is 0 Å². The highest BCUT2D eigenvalue weighted by atomic mass is 127. The van der Waals surface area contributed by atoms with E-state index in [0.29, 0.717) is 3.92 Å². The van der Waals surface area contributed by atoms with Crippen LogP contribution in [0.4, 0.5) is 0 Å². The van der Waals surface area contributed by atoms with Crippen molar-refractivity contribution in [3.63, 3.8) is 0 Å². The number of rotatable bonds is 2. The summed E-state index contributed by atoms with van der Waals surface area (Å²) in [7, 11) is 0. The topological polar surface area (TPSA) is 40.5 Å². The summed E-state index contributed by atoms with van der Waals surface area (Å²) in [6.45, 7) is 2.10. The first-order valence-electron chi connectivity index (χ1n) is 3.76. The maximum absolute atomic E-state index is 10.3. The van der Waals surface area contributed by atoms with Crippen LogP contribution in [0.15, 0.2) is 0 Å². The molecule has 0 aliphatic carbocycles. The molecule has 0 aromatic rings. The highest BCUT2D eigenvalue weighted by Gasteiger charge is 2.18. The van der Waals surface area contributed by atoms with E-state index < -0.39 is 5.97 Å². The lowest BCUT2D eigenvalue weighted by atomic mass is 10.1. The largest absolute Gasteiger partial charge is 0.480 e. The van der Waals surface area contributed by atoms with E-state index in [2.05, 4.69) is 22.6 Å². The van der Waals surface area contributed by atoms with Gasteiger partial charge in [-0.05, 0) is 19.4 Å². The summed E-state index contributed by atoms with van der Waals surface area (Å²) < 4.78 is 0.640. The second-order valence-corrected chi connectivity index (χ2v) is 4.63. The van der Waals surface area contributed by atoms with Gasteiger partial charge in [-0.2, -0.15) is 0 Å². The molecule has 1 saturated heterocycles. The third-order valence-corrected chi connectivity index (χ3v) is 2.82. The van der Waals surface area contributed by atoms with Gasteiger partial charge in [-0.15, -0.1) is 0 Å². The van der Waals surface area contributed by atoms with Crippen LogP contribution < -0.4 is 0 Å². The van der Waals surface area contributed by atoms with E-state index in [0.717, 1.165) is 19.5 Å². The highest BCUT2D eigenvalue weighted by Crippen LogP contribution is 2.16. The van der Waals surface area contributed by atoms with E-state index in [-0.39, 0.29) is 6.54 Å². The van der Waals surface area contributed by atoms with Gasteiger partial charge in [0, 0.05) is 10.5 Å². The summed E-state index contributed by atoms with van der Waals surface area (Å²) >= 11 is 2.38. The van der Waals surface area contributed by atoms with Crippen molar-refractivity contribution in [2.45, 2.75) is 16.8 Å². The smallest absolute Gasteiger partial charge is 0.317 e. The second kappa shape index (κ2) is 4.25. The van der Waals surface area contributed by atoms with E-state index in [4.69, 9.17) is 5.11 Å². The van der Waals surface area contributed by atoms with Crippen molar-refractivity contribution in [3.05, 3.63) is 0 Å². The first-order valence-corrected chi connectivity index (χ1v) is 5.01. The number of hydrogen-bond acceptors (Lipinski definition) is 2. The number of carboxylic acids is 1. The molecule has 64 valence electrons. The van der Waals surface area contributed by atoms with E-state index in [1.54, 1.807) is 0 Å². The molecule has 1 aliphatic rings. The molecule has 1 atom stereocenters. The molecule has 0 aromatic carbocycles. The lowest BCUT2D eigenvalue weighted by Gasteiger charge is -2.28. The van der Waals surface area contributed by atoms with Crippen LogP contribution in [-0.2, 0) is 4.79 Å². The van der Waals surface area contributed by atoms with E-state index in [1.165, 1.54) is 6.42 Å². The normalized spacial score (nSPS) is 26.8. The third kappa shape index (κ3) is 3.37. The van der Waals surface area contributed by atoms with Gasteiger partial charge in [0.1, 0.15) is 0 Å².